The molecule has 0 aliphatic carbocycles. The van der Waals surface area contributed by atoms with Crippen molar-refractivity contribution >= 4 is 11.6 Å². The van der Waals surface area contributed by atoms with Gasteiger partial charge in [-0.3, -0.25) is 4.98 Å². The molecule has 1 atom stereocenters. The predicted molar refractivity (Wildman–Crippen MR) is 65.9 cm³/mol. The predicted octanol–water partition coefficient (Wildman–Crippen LogP) is 1.38. The van der Waals surface area contributed by atoms with Crippen LogP contribution in [-0.2, 0) is 4.74 Å². The Morgan fingerprint density at radius 3 is 2.88 bits per heavy atom. The Kier molecular flexibility index (Phi) is 4.98. The number of methoxy groups -OCH3 is 1. The first-order valence-electron chi connectivity index (χ1n) is 5.46. The van der Waals surface area contributed by atoms with Crippen molar-refractivity contribution in [3.63, 3.8) is 0 Å². The van der Waals surface area contributed by atoms with E-state index < -0.39 is 0 Å². The number of likely N-dealkylation sites (N-methyl/N-ethyl adjacent to an activating group) is 1. The van der Waals surface area contributed by atoms with Crippen LogP contribution in [0.2, 0.25) is 0 Å². The molecule has 0 saturated carbocycles. The molecule has 1 unspecified atom stereocenters. The lowest BCUT2D eigenvalue weighted by atomic mass is 10.3. The molecule has 5 heteroatoms. The molecule has 1 heterocycles. The van der Waals surface area contributed by atoms with Crippen molar-refractivity contribution < 1.29 is 4.74 Å². The molecule has 0 saturated heterocycles. The number of hydrogen-bond acceptors (Lipinski definition) is 5. The number of nitrogens with zero attached hydrogens (tertiary/aromatic N) is 3. The van der Waals surface area contributed by atoms with Crippen molar-refractivity contribution in [1.82, 2.24) is 9.97 Å². The molecule has 5 nitrogen and oxygen atoms in total. The van der Waals surface area contributed by atoms with Gasteiger partial charge in [0.15, 0.2) is 0 Å². The lowest BCUT2D eigenvalue weighted by Crippen LogP contribution is -2.33. The van der Waals surface area contributed by atoms with E-state index in [-0.39, 0.29) is 6.04 Å². The fourth-order valence-electron chi connectivity index (χ4n) is 1.37. The largest absolute Gasteiger partial charge is 0.383 e. The fraction of sp³-hybridized carbons (Fsp3) is 0.636. The van der Waals surface area contributed by atoms with Gasteiger partial charge < -0.3 is 15.0 Å². The highest BCUT2D eigenvalue weighted by molar-refractivity contribution is 5.43. The number of nitrogens with one attached hydrogen (secondary N) is 1. The van der Waals surface area contributed by atoms with Crippen molar-refractivity contribution in [1.29, 1.82) is 0 Å². The maximum atomic E-state index is 5.12. The maximum absolute atomic E-state index is 5.12. The highest BCUT2D eigenvalue weighted by atomic mass is 16.5. The summed E-state index contributed by atoms with van der Waals surface area (Å²) in [5.41, 5.74) is 0. The van der Waals surface area contributed by atoms with Gasteiger partial charge in [0, 0.05) is 20.7 Å². The fourth-order valence-corrected chi connectivity index (χ4v) is 1.37. The first-order chi connectivity index (χ1) is 7.69. The third-order valence-electron chi connectivity index (χ3n) is 2.41. The highest BCUT2D eigenvalue weighted by Crippen LogP contribution is 2.13. The van der Waals surface area contributed by atoms with Gasteiger partial charge in [0.05, 0.1) is 25.0 Å². The molecule has 1 rings (SSSR count). The van der Waals surface area contributed by atoms with Gasteiger partial charge in [-0.05, 0) is 13.8 Å². The zero-order valence-corrected chi connectivity index (χ0v) is 10.4. The molecule has 0 aromatic carbocycles. The second kappa shape index (κ2) is 6.27. The summed E-state index contributed by atoms with van der Waals surface area (Å²) in [5.74, 6) is 1.65. The van der Waals surface area contributed by atoms with Crippen molar-refractivity contribution in [3.8, 4) is 0 Å². The van der Waals surface area contributed by atoms with Gasteiger partial charge in [-0.25, -0.2) is 4.98 Å². The van der Waals surface area contributed by atoms with Gasteiger partial charge in [-0.2, -0.15) is 0 Å². The second-order valence-corrected chi connectivity index (χ2v) is 3.71. The maximum Gasteiger partial charge on any atom is 0.149 e. The van der Waals surface area contributed by atoms with Crippen LogP contribution < -0.4 is 10.2 Å². The minimum atomic E-state index is 0.274. The van der Waals surface area contributed by atoms with Crippen LogP contribution in [0.15, 0.2) is 12.4 Å². The van der Waals surface area contributed by atoms with E-state index in [1.165, 1.54) is 0 Å². The van der Waals surface area contributed by atoms with E-state index in [1.54, 1.807) is 19.5 Å². The number of ether oxygens (including phenoxy) is 1. The molecule has 0 aliphatic heterocycles. The molecular formula is C11H20N4O. The summed E-state index contributed by atoms with van der Waals surface area (Å²) in [5, 5.41) is 3.14. The Morgan fingerprint density at radius 2 is 2.25 bits per heavy atom. The van der Waals surface area contributed by atoms with Gasteiger partial charge in [-0.15, -0.1) is 0 Å². The van der Waals surface area contributed by atoms with E-state index in [0.29, 0.717) is 6.61 Å². The van der Waals surface area contributed by atoms with Crippen molar-refractivity contribution in [2.45, 2.75) is 19.9 Å². The zero-order valence-electron chi connectivity index (χ0n) is 10.4. The van der Waals surface area contributed by atoms with Crippen LogP contribution in [0.5, 0.6) is 0 Å². The zero-order chi connectivity index (χ0) is 12.0. The number of rotatable bonds is 6. The first kappa shape index (κ1) is 12.7. The molecule has 16 heavy (non-hydrogen) atoms. The van der Waals surface area contributed by atoms with Gasteiger partial charge >= 0.3 is 0 Å². The SMILES string of the molecule is CCNc1cncc(N(C)C(C)COC)n1. The first-order valence-corrected chi connectivity index (χ1v) is 5.46. The monoisotopic (exact) mass is 224 g/mol. The number of hydrogen-bond donors (Lipinski definition) is 1. The van der Waals surface area contributed by atoms with E-state index in [0.717, 1.165) is 18.2 Å². The molecule has 0 bridgehead atoms. The molecule has 1 N–H and O–H groups in total. The van der Waals surface area contributed by atoms with Crippen LogP contribution >= 0.6 is 0 Å². The topological polar surface area (TPSA) is 50.3 Å². The lowest BCUT2D eigenvalue weighted by Gasteiger charge is -2.25. The summed E-state index contributed by atoms with van der Waals surface area (Å²) in [6.07, 6.45) is 3.48. The Balaban J connectivity index is 2.74. The molecule has 0 fully saturated rings. The molecule has 0 aliphatic rings. The quantitative estimate of drug-likeness (QED) is 0.791. The van der Waals surface area contributed by atoms with Crippen LogP contribution in [0.25, 0.3) is 0 Å². The van der Waals surface area contributed by atoms with Gasteiger partial charge in [0.2, 0.25) is 0 Å². The average molecular weight is 224 g/mol. The van der Waals surface area contributed by atoms with Crippen LogP contribution in [0.4, 0.5) is 11.6 Å². The average Bonchev–Trinajstić information content (AvgIpc) is 2.29. The molecular weight excluding hydrogens is 204 g/mol. The van der Waals surface area contributed by atoms with E-state index in [1.807, 2.05) is 14.0 Å². The van der Waals surface area contributed by atoms with Gasteiger partial charge in [-0.1, -0.05) is 0 Å². The number of aromatic nitrogens is 2. The summed E-state index contributed by atoms with van der Waals surface area (Å²) in [7, 11) is 3.69. The Labute approximate surface area is 96.8 Å². The number of anilines is 2. The Morgan fingerprint density at radius 1 is 1.50 bits per heavy atom. The van der Waals surface area contributed by atoms with Crippen molar-refractivity contribution in [2.75, 3.05) is 37.5 Å². The Bertz CT molecular complexity index is 319. The summed E-state index contributed by atoms with van der Waals surface area (Å²) in [4.78, 5) is 10.7. The molecule has 0 radical (unpaired) electrons. The van der Waals surface area contributed by atoms with Crippen LogP contribution in [0.3, 0.4) is 0 Å². The molecule has 0 spiro atoms. The minimum Gasteiger partial charge on any atom is -0.383 e. The Hall–Kier alpha value is -1.36. The van der Waals surface area contributed by atoms with Crippen molar-refractivity contribution in [2.24, 2.45) is 0 Å². The van der Waals surface area contributed by atoms with Crippen LogP contribution in [0.1, 0.15) is 13.8 Å². The molecule has 0 amide bonds. The summed E-state index contributed by atoms with van der Waals surface area (Å²) in [6.45, 7) is 5.63. The minimum absolute atomic E-state index is 0.274. The highest BCUT2D eigenvalue weighted by Gasteiger charge is 2.11. The third kappa shape index (κ3) is 3.34. The summed E-state index contributed by atoms with van der Waals surface area (Å²) in [6, 6.07) is 0.274. The van der Waals surface area contributed by atoms with E-state index in [9.17, 15) is 0 Å². The molecule has 90 valence electrons. The third-order valence-corrected chi connectivity index (χ3v) is 2.41. The summed E-state index contributed by atoms with van der Waals surface area (Å²) < 4.78 is 5.12. The smallest absolute Gasteiger partial charge is 0.149 e. The molecule has 1 aromatic rings. The standard InChI is InChI=1S/C11H20N4O/c1-5-13-10-6-12-7-11(14-10)15(3)9(2)8-16-4/h6-7,9H,5,8H2,1-4H3,(H,13,14). The van der Waals surface area contributed by atoms with Crippen molar-refractivity contribution in [3.05, 3.63) is 12.4 Å². The van der Waals surface area contributed by atoms with E-state index >= 15 is 0 Å². The second-order valence-electron chi connectivity index (χ2n) is 3.71. The van der Waals surface area contributed by atoms with Gasteiger partial charge in [0.25, 0.3) is 0 Å². The van der Waals surface area contributed by atoms with Gasteiger partial charge in [0.1, 0.15) is 11.6 Å². The molecule has 1 aromatic heterocycles. The lowest BCUT2D eigenvalue weighted by molar-refractivity contribution is 0.183. The van der Waals surface area contributed by atoms with Crippen LogP contribution in [0, 0.1) is 0 Å². The van der Waals surface area contributed by atoms with Crippen LogP contribution in [-0.4, -0.2) is 43.3 Å². The summed E-state index contributed by atoms with van der Waals surface area (Å²) >= 11 is 0. The normalized spacial score (nSPS) is 12.2. The van der Waals surface area contributed by atoms with E-state index in [2.05, 4.69) is 27.1 Å². The van der Waals surface area contributed by atoms with E-state index in [4.69, 9.17) is 4.74 Å².